The van der Waals surface area contributed by atoms with Crippen LogP contribution in [0.5, 0.6) is 0 Å². The third kappa shape index (κ3) is 3.52. The number of aromatic nitrogens is 3. The molecule has 3 aromatic rings. The van der Waals surface area contributed by atoms with Crippen LogP contribution in [0.15, 0.2) is 36.7 Å². The van der Waals surface area contributed by atoms with Gasteiger partial charge in [-0.3, -0.25) is 4.98 Å². The molecule has 0 saturated heterocycles. The van der Waals surface area contributed by atoms with E-state index in [2.05, 4.69) is 15.3 Å². The summed E-state index contributed by atoms with van der Waals surface area (Å²) in [6.07, 6.45) is -1.74. The SMILES string of the molecule is Fc1cnccc1CNCC1COCc2nc3cc(C(F)(F)F)ccc3n21. The van der Waals surface area contributed by atoms with Crippen molar-refractivity contribution in [3.63, 3.8) is 0 Å². The minimum atomic E-state index is -4.41. The molecule has 1 N–H and O–H groups in total. The van der Waals surface area contributed by atoms with Gasteiger partial charge < -0.3 is 14.6 Å². The van der Waals surface area contributed by atoms with E-state index in [4.69, 9.17) is 4.74 Å². The average Bonchev–Trinajstić information content (AvgIpc) is 3.01. The predicted octanol–water partition coefficient (Wildman–Crippen LogP) is 3.45. The smallest absolute Gasteiger partial charge is 0.371 e. The Labute approximate surface area is 152 Å². The zero-order chi connectivity index (χ0) is 19.0. The molecule has 1 aliphatic heterocycles. The molecule has 5 nitrogen and oxygen atoms in total. The fourth-order valence-corrected chi connectivity index (χ4v) is 3.27. The Balaban J connectivity index is 1.56. The molecule has 0 bridgehead atoms. The molecular formula is C18H16F4N4O. The normalized spacial score (nSPS) is 17.3. The van der Waals surface area contributed by atoms with Crippen LogP contribution in [0.25, 0.3) is 11.0 Å². The second-order valence-corrected chi connectivity index (χ2v) is 6.37. The molecule has 0 amide bonds. The molecule has 2 aromatic heterocycles. The van der Waals surface area contributed by atoms with E-state index in [-0.39, 0.29) is 18.2 Å². The number of ether oxygens (including phenoxy) is 1. The minimum Gasteiger partial charge on any atom is -0.371 e. The molecule has 1 aliphatic rings. The van der Waals surface area contributed by atoms with Gasteiger partial charge in [-0.2, -0.15) is 13.2 Å². The van der Waals surface area contributed by atoms with Crippen molar-refractivity contribution in [3.8, 4) is 0 Å². The van der Waals surface area contributed by atoms with Gasteiger partial charge >= 0.3 is 6.18 Å². The fourth-order valence-electron chi connectivity index (χ4n) is 3.27. The lowest BCUT2D eigenvalue weighted by Gasteiger charge is -2.26. The maximum Gasteiger partial charge on any atom is 0.416 e. The molecule has 142 valence electrons. The van der Waals surface area contributed by atoms with Crippen molar-refractivity contribution >= 4 is 11.0 Å². The summed E-state index contributed by atoms with van der Waals surface area (Å²) in [5.41, 5.74) is 0.681. The Bertz CT molecular complexity index is 970. The van der Waals surface area contributed by atoms with Gasteiger partial charge in [0.25, 0.3) is 0 Å². The summed E-state index contributed by atoms with van der Waals surface area (Å²) in [4.78, 5) is 8.01. The first-order valence-electron chi connectivity index (χ1n) is 8.38. The topological polar surface area (TPSA) is 52.0 Å². The van der Waals surface area contributed by atoms with Crippen LogP contribution in [0.3, 0.4) is 0 Å². The van der Waals surface area contributed by atoms with E-state index in [9.17, 15) is 17.6 Å². The third-order valence-corrected chi connectivity index (χ3v) is 4.55. The molecule has 27 heavy (non-hydrogen) atoms. The molecule has 0 radical (unpaired) electrons. The van der Waals surface area contributed by atoms with Crippen LogP contribution in [0.1, 0.15) is 23.0 Å². The highest BCUT2D eigenvalue weighted by molar-refractivity contribution is 5.77. The molecule has 9 heteroatoms. The Kier molecular flexibility index (Phi) is 4.56. The van der Waals surface area contributed by atoms with Crippen molar-refractivity contribution in [1.82, 2.24) is 19.9 Å². The van der Waals surface area contributed by atoms with E-state index in [1.807, 2.05) is 4.57 Å². The highest BCUT2D eigenvalue weighted by Gasteiger charge is 2.32. The summed E-state index contributed by atoms with van der Waals surface area (Å²) in [5, 5.41) is 3.17. The first kappa shape index (κ1) is 17.9. The van der Waals surface area contributed by atoms with Crippen LogP contribution < -0.4 is 5.32 Å². The lowest BCUT2D eigenvalue weighted by molar-refractivity contribution is -0.137. The van der Waals surface area contributed by atoms with E-state index >= 15 is 0 Å². The number of fused-ring (bicyclic) bond motifs is 3. The Morgan fingerprint density at radius 3 is 2.89 bits per heavy atom. The summed E-state index contributed by atoms with van der Waals surface area (Å²) in [6.45, 7) is 1.41. The van der Waals surface area contributed by atoms with Gasteiger partial charge in [0.2, 0.25) is 0 Å². The fraction of sp³-hybridized carbons (Fsp3) is 0.333. The van der Waals surface area contributed by atoms with Gasteiger partial charge in [-0.05, 0) is 24.3 Å². The Morgan fingerprint density at radius 2 is 2.11 bits per heavy atom. The molecule has 4 rings (SSSR count). The number of imidazole rings is 1. The van der Waals surface area contributed by atoms with Gasteiger partial charge in [0.15, 0.2) is 0 Å². The van der Waals surface area contributed by atoms with Gasteiger partial charge in [-0.1, -0.05) is 0 Å². The summed E-state index contributed by atoms with van der Waals surface area (Å²) in [5.74, 6) is 0.191. The van der Waals surface area contributed by atoms with Crippen LogP contribution >= 0.6 is 0 Å². The standard InChI is InChI=1S/C18H16F4N4O/c19-14-8-23-4-3-11(14)6-24-7-13-9-27-10-17-25-15-5-12(18(20,21)22)1-2-16(15)26(13)17/h1-5,8,13,24H,6-7,9-10H2. The van der Waals surface area contributed by atoms with Crippen LogP contribution in [-0.2, 0) is 24.1 Å². The number of hydrogen-bond acceptors (Lipinski definition) is 4. The molecule has 1 atom stereocenters. The van der Waals surface area contributed by atoms with Crippen molar-refractivity contribution in [3.05, 3.63) is 59.4 Å². The van der Waals surface area contributed by atoms with E-state index in [1.54, 1.807) is 6.07 Å². The molecular weight excluding hydrogens is 364 g/mol. The van der Waals surface area contributed by atoms with Crippen molar-refractivity contribution < 1.29 is 22.3 Å². The molecule has 0 aliphatic carbocycles. The molecule has 1 aromatic carbocycles. The number of halogens is 4. The zero-order valence-corrected chi connectivity index (χ0v) is 14.1. The number of benzene rings is 1. The van der Waals surface area contributed by atoms with Gasteiger partial charge in [-0.25, -0.2) is 9.37 Å². The Morgan fingerprint density at radius 1 is 1.26 bits per heavy atom. The Hall–Kier alpha value is -2.52. The average molecular weight is 380 g/mol. The zero-order valence-electron chi connectivity index (χ0n) is 14.1. The van der Waals surface area contributed by atoms with Crippen LogP contribution in [0.4, 0.5) is 17.6 Å². The van der Waals surface area contributed by atoms with E-state index < -0.39 is 17.6 Å². The third-order valence-electron chi connectivity index (χ3n) is 4.55. The van der Waals surface area contributed by atoms with Crippen molar-refractivity contribution in [2.24, 2.45) is 0 Å². The molecule has 3 heterocycles. The number of hydrogen-bond donors (Lipinski definition) is 1. The first-order valence-corrected chi connectivity index (χ1v) is 8.38. The molecule has 0 saturated carbocycles. The van der Waals surface area contributed by atoms with Gasteiger partial charge in [-0.15, -0.1) is 0 Å². The lowest BCUT2D eigenvalue weighted by atomic mass is 10.1. The number of pyridine rings is 1. The summed E-state index contributed by atoms with van der Waals surface area (Å²) >= 11 is 0. The number of nitrogens with zero attached hydrogens (tertiary/aromatic N) is 3. The summed E-state index contributed by atoms with van der Waals surface area (Å²) < 4.78 is 59.9. The van der Waals surface area contributed by atoms with Gasteiger partial charge in [0, 0.05) is 24.8 Å². The van der Waals surface area contributed by atoms with Crippen molar-refractivity contribution in [1.29, 1.82) is 0 Å². The maximum absolute atomic E-state index is 13.7. The van der Waals surface area contributed by atoms with Gasteiger partial charge in [0.05, 0.1) is 35.4 Å². The van der Waals surface area contributed by atoms with E-state index in [0.29, 0.717) is 36.6 Å². The van der Waals surface area contributed by atoms with Gasteiger partial charge in [0.1, 0.15) is 18.2 Å². The number of nitrogens with one attached hydrogen (secondary N) is 1. The largest absolute Gasteiger partial charge is 0.416 e. The number of rotatable bonds is 4. The van der Waals surface area contributed by atoms with Crippen LogP contribution in [0.2, 0.25) is 0 Å². The first-order chi connectivity index (χ1) is 12.9. The highest BCUT2D eigenvalue weighted by atomic mass is 19.4. The molecule has 0 spiro atoms. The predicted molar refractivity (Wildman–Crippen MR) is 89.3 cm³/mol. The summed E-state index contributed by atoms with van der Waals surface area (Å²) in [6, 6.07) is 4.99. The molecule has 1 unspecified atom stereocenters. The second-order valence-electron chi connectivity index (χ2n) is 6.37. The lowest BCUT2D eigenvalue weighted by Crippen LogP contribution is -2.32. The van der Waals surface area contributed by atoms with E-state index in [0.717, 1.165) is 18.3 Å². The molecule has 0 fully saturated rings. The maximum atomic E-state index is 13.7. The van der Waals surface area contributed by atoms with Crippen molar-refractivity contribution in [2.45, 2.75) is 25.4 Å². The quantitative estimate of drug-likeness (QED) is 0.705. The van der Waals surface area contributed by atoms with Crippen LogP contribution in [-0.4, -0.2) is 27.7 Å². The minimum absolute atomic E-state index is 0.152. The van der Waals surface area contributed by atoms with E-state index in [1.165, 1.54) is 12.3 Å². The second kappa shape index (κ2) is 6.90. The monoisotopic (exact) mass is 380 g/mol. The summed E-state index contributed by atoms with van der Waals surface area (Å²) in [7, 11) is 0. The van der Waals surface area contributed by atoms with Crippen LogP contribution in [0, 0.1) is 5.82 Å². The highest BCUT2D eigenvalue weighted by Crippen LogP contribution is 2.33. The van der Waals surface area contributed by atoms with Crippen molar-refractivity contribution in [2.75, 3.05) is 13.2 Å². The number of alkyl halides is 3.